The summed E-state index contributed by atoms with van der Waals surface area (Å²) >= 11 is 0. The molecule has 7 nitrogen and oxygen atoms in total. The van der Waals surface area contributed by atoms with Crippen LogP contribution in [0.2, 0.25) is 0 Å². The second kappa shape index (κ2) is 9.16. The summed E-state index contributed by atoms with van der Waals surface area (Å²) < 4.78 is 15.9. The third-order valence-corrected chi connectivity index (χ3v) is 5.73. The molecule has 1 heterocycles. The Balaban J connectivity index is 1.88. The van der Waals surface area contributed by atoms with Crippen molar-refractivity contribution in [2.75, 3.05) is 19.5 Å². The lowest BCUT2D eigenvalue weighted by Crippen LogP contribution is -2.58. The minimum atomic E-state index is -2.08. The van der Waals surface area contributed by atoms with E-state index in [0.717, 1.165) is 0 Å². The highest BCUT2D eigenvalue weighted by atomic mass is 16.6. The lowest BCUT2D eigenvalue weighted by molar-refractivity contribution is -0.156. The van der Waals surface area contributed by atoms with Crippen molar-refractivity contribution in [3.63, 3.8) is 0 Å². The Kier molecular flexibility index (Phi) is 6.13. The Morgan fingerprint density at radius 3 is 2.06 bits per heavy atom. The van der Waals surface area contributed by atoms with Crippen molar-refractivity contribution in [2.45, 2.75) is 11.6 Å². The molecule has 0 amide bonds. The smallest absolute Gasteiger partial charge is 0.345 e. The van der Waals surface area contributed by atoms with Crippen LogP contribution in [0.25, 0.3) is 0 Å². The number of cyclic esters (lactones) is 1. The lowest BCUT2D eigenvalue weighted by atomic mass is 9.75. The van der Waals surface area contributed by atoms with Crippen molar-refractivity contribution in [1.82, 2.24) is 0 Å². The van der Waals surface area contributed by atoms with E-state index in [1.54, 1.807) is 78.9 Å². The van der Waals surface area contributed by atoms with Gasteiger partial charge < -0.3 is 19.5 Å². The van der Waals surface area contributed by atoms with E-state index in [4.69, 9.17) is 14.2 Å². The van der Waals surface area contributed by atoms with Crippen LogP contribution >= 0.6 is 0 Å². The number of hydrogen-bond donors (Lipinski definition) is 1. The van der Waals surface area contributed by atoms with Gasteiger partial charge in [0.05, 0.1) is 14.2 Å². The molecule has 0 spiro atoms. The van der Waals surface area contributed by atoms with E-state index >= 15 is 0 Å². The third kappa shape index (κ3) is 3.93. The SMILES string of the molecule is COC(=O)C1(Nc2ccccc2)C(=O)OC(c2ccccc2)C1C(=O)c1ccc(OC)cc1. The number of carbonyl (C=O) groups excluding carboxylic acids is 3. The zero-order chi connectivity index (χ0) is 23.4. The Morgan fingerprint density at radius 2 is 1.48 bits per heavy atom. The number of esters is 2. The molecule has 0 saturated carbocycles. The first kappa shape index (κ1) is 22.1. The molecule has 7 heteroatoms. The molecule has 1 N–H and O–H groups in total. The number of Topliss-reactive ketones (excluding diaryl/α,β-unsaturated/α-hetero) is 1. The van der Waals surface area contributed by atoms with Crippen molar-refractivity contribution in [2.24, 2.45) is 5.92 Å². The van der Waals surface area contributed by atoms with E-state index in [2.05, 4.69) is 5.32 Å². The predicted molar refractivity (Wildman–Crippen MR) is 121 cm³/mol. The van der Waals surface area contributed by atoms with Gasteiger partial charge in [-0.05, 0) is 42.0 Å². The number of nitrogens with one attached hydrogen (secondary N) is 1. The number of anilines is 1. The number of ketones is 1. The molecular weight excluding hydrogens is 422 g/mol. The molecule has 168 valence electrons. The highest BCUT2D eigenvalue weighted by molar-refractivity contribution is 6.16. The average Bonchev–Trinajstić information content (AvgIpc) is 3.16. The van der Waals surface area contributed by atoms with Gasteiger partial charge >= 0.3 is 11.9 Å². The summed E-state index contributed by atoms with van der Waals surface area (Å²) in [6.07, 6.45) is -0.997. The first-order valence-electron chi connectivity index (χ1n) is 10.4. The second-order valence-electron chi connectivity index (χ2n) is 7.60. The predicted octanol–water partition coefficient (Wildman–Crippen LogP) is 3.82. The number of para-hydroxylation sites is 1. The molecule has 3 atom stereocenters. The van der Waals surface area contributed by atoms with Crippen LogP contribution in [-0.4, -0.2) is 37.5 Å². The minimum Gasteiger partial charge on any atom is -0.497 e. The molecule has 1 aliphatic rings. The number of benzene rings is 3. The molecule has 0 bridgehead atoms. The van der Waals surface area contributed by atoms with Gasteiger partial charge in [-0.3, -0.25) is 4.79 Å². The summed E-state index contributed by atoms with van der Waals surface area (Å²) in [6.45, 7) is 0. The second-order valence-corrected chi connectivity index (χ2v) is 7.60. The van der Waals surface area contributed by atoms with E-state index in [0.29, 0.717) is 22.6 Å². The Morgan fingerprint density at radius 1 is 0.879 bits per heavy atom. The molecule has 4 rings (SSSR count). The molecule has 0 aliphatic carbocycles. The van der Waals surface area contributed by atoms with Gasteiger partial charge in [-0.1, -0.05) is 48.5 Å². The Labute approximate surface area is 191 Å². The maximum atomic E-state index is 13.9. The van der Waals surface area contributed by atoms with Crippen LogP contribution in [-0.2, 0) is 19.1 Å². The summed E-state index contributed by atoms with van der Waals surface area (Å²) in [5.41, 5.74) is -0.698. The van der Waals surface area contributed by atoms with Gasteiger partial charge in [0.2, 0.25) is 5.54 Å². The zero-order valence-electron chi connectivity index (χ0n) is 18.2. The van der Waals surface area contributed by atoms with Gasteiger partial charge in [-0.2, -0.15) is 0 Å². The summed E-state index contributed by atoms with van der Waals surface area (Å²) in [5.74, 6) is -2.87. The van der Waals surface area contributed by atoms with E-state index < -0.39 is 35.3 Å². The molecule has 3 unspecified atom stereocenters. The van der Waals surface area contributed by atoms with Gasteiger partial charge in [0, 0.05) is 11.3 Å². The van der Waals surface area contributed by atoms with E-state index in [-0.39, 0.29) is 0 Å². The fourth-order valence-electron chi connectivity index (χ4n) is 4.10. The van der Waals surface area contributed by atoms with E-state index in [9.17, 15) is 14.4 Å². The largest absolute Gasteiger partial charge is 0.497 e. The van der Waals surface area contributed by atoms with Crippen LogP contribution < -0.4 is 10.1 Å². The number of rotatable bonds is 7. The van der Waals surface area contributed by atoms with Gasteiger partial charge in [-0.25, -0.2) is 9.59 Å². The minimum absolute atomic E-state index is 0.308. The Bertz CT molecular complexity index is 1150. The highest BCUT2D eigenvalue weighted by Crippen LogP contribution is 2.46. The van der Waals surface area contributed by atoms with E-state index in [1.807, 2.05) is 6.07 Å². The Hall–Kier alpha value is -4.13. The first-order valence-corrected chi connectivity index (χ1v) is 10.4. The number of methoxy groups -OCH3 is 2. The van der Waals surface area contributed by atoms with Crippen LogP contribution in [0.15, 0.2) is 84.9 Å². The third-order valence-electron chi connectivity index (χ3n) is 5.73. The summed E-state index contributed by atoms with van der Waals surface area (Å²) in [5, 5.41) is 2.98. The van der Waals surface area contributed by atoms with Crippen LogP contribution in [0.4, 0.5) is 5.69 Å². The fourth-order valence-corrected chi connectivity index (χ4v) is 4.10. The molecule has 0 radical (unpaired) electrons. The van der Waals surface area contributed by atoms with Crippen molar-refractivity contribution in [1.29, 1.82) is 0 Å². The molecule has 1 aliphatic heterocycles. The lowest BCUT2D eigenvalue weighted by Gasteiger charge is -2.31. The maximum absolute atomic E-state index is 13.9. The van der Waals surface area contributed by atoms with Crippen molar-refractivity contribution < 1.29 is 28.6 Å². The molecule has 3 aromatic carbocycles. The quantitative estimate of drug-likeness (QED) is 0.336. The average molecular weight is 445 g/mol. The number of carbonyl (C=O) groups is 3. The van der Waals surface area contributed by atoms with Crippen LogP contribution in [0, 0.1) is 5.92 Å². The number of ether oxygens (including phenoxy) is 3. The molecule has 1 saturated heterocycles. The molecule has 3 aromatic rings. The monoisotopic (exact) mass is 445 g/mol. The van der Waals surface area contributed by atoms with Crippen molar-refractivity contribution in [3.8, 4) is 5.75 Å². The normalized spacial score (nSPS) is 21.7. The summed E-state index contributed by atoms with van der Waals surface area (Å²) in [6, 6.07) is 24.1. The fraction of sp³-hybridized carbons (Fsp3) is 0.192. The summed E-state index contributed by atoms with van der Waals surface area (Å²) in [4.78, 5) is 40.5. The maximum Gasteiger partial charge on any atom is 0.345 e. The van der Waals surface area contributed by atoms with Crippen LogP contribution in [0.1, 0.15) is 22.0 Å². The van der Waals surface area contributed by atoms with Gasteiger partial charge in [0.25, 0.3) is 0 Å². The van der Waals surface area contributed by atoms with Crippen molar-refractivity contribution in [3.05, 3.63) is 96.1 Å². The number of hydrogen-bond acceptors (Lipinski definition) is 7. The molecule has 1 fully saturated rings. The molecule has 33 heavy (non-hydrogen) atoms. The molecular formula is C26H23NO6. The molecule has 0 aromatic heterocycles. The zero-order valence-corrected chi connectivity index (χ0v) is 18.2. The van der Waals surface area contributed by atoms with Gasteiger partial charge in [0.15, 0.2) is 5.78 Å². The van der Waals surface area contributed by atoms with Crippen molar-refractivity contribution >= 4 is 23.4 Å². The standard InChI is InChI=1S/C26H23NO6/c1-31-20-15-13-17(14-16-20)22(28)21-23(18-9-5-3-6-10-18)33-25(30)26(21,24(29)32-2)27-19-11-7-4-8-12-19/h3-16,21,23,27H,1-2H3. The van der Waals surface area contributed by atoms with E-state index in [1.165, 1.54) is 14.2 Å². The van der Waals surface area contributed by atoms with Gasteiger partial charge in [-0.15, -0.1) is 0 Å². The topological polar surface area (TPSA) is 90.9 Å². The highest BCUT2D eigenvalue weighted by Gasteiger charge is 2.66. The first-order chi connectivity index (χ1) is 16.0. The van der Waals surface area contributed by atoms with Crippen LogP contribution in [0.3, 0.4) is 0 Å². The van der Waals surface area contributed by atoms with Gasteiger partial charge in [0.1, 0.15) is 17.8 Å². The van der Waals surface area contributed by atoms with Crippen LogP contribution in [0.5, 0.6) is 5.75 Å². The summed E-state index contributed by atoms with van der Waals surface area (Å²) in [7, 11) is 2.70.